The predicted octanol–water partition coefficient (Wildman–Crippen LogP) is 3.27. The van der Waals surface area contributed by atoms with Crippen LogP contribution in [-0.4, -0.2) is 55.2 Å². The van der Waals surface area contributed by atoms with Crippen LogP contribution >= 0.6 is 0 Å². The molecule has 0 atom stereocenters. The van der Waals surface area contributed by atoms with Gasteiger partial charge in [-0.05, 0) is 38.8 Å². The summed E-state index contributed by atoms with van der Waals surface area (Å²) in [6.07, 6.45) is 5.03. The number of nitrogens with one attached hydrogen (secondary N) is 1. The van der Waals surface area contributed by atoms with Crippen molar-refractivity contribution in [2.45, 2.75) is 39.2 Å². The number of guanidine groups is 1. The molecule has 146 valence electrons. The van der Waals surface area contributed by atoms with Crippen molar-refractivity contribution in [2.24, 2.45) is 4.99 Å². The number of aryl methyl sites for hydroxylation is 1. The lowest BCUT2D eigenvalue weighted by Crippen LogP contribution is -2.47. The van der Waals surface area contributed by atoms with Gasteiger partial charge in [-0.15, -0.1) is 0 Å². The lowest BCUT2D eigenvalue weighted by Gasteiger charge is -2.34. The van der Waals surface area contributed by atoms with Gasteiger partial charge in [0, 0.05) is 45.3 Å². The van der Waals surface area contributed by atoms with E-state index in [4.69, 9.17) is 9.15 Å². The van der Waals surface area contributed by atoms with Gasteiger partial charge in [0.05, 0.1) is 11.8 Å². The molecular weight excluding hydrogens is 340 g/mol. The molecule has 1 aliphatic heterocycles. The van der Waals surface area contributed by atoms with Crippen molar-refractivity contribution in [1.29, 1.82) is 0 Å². The fourth-order valence-corrected chi connectivity index (χ4v) is 3.36. The molecule has 1 aromatic heterocycles. The summed E-state index contributed by atoms with van der Waals surface area (Å²) >= 11 is 0. The summed E-state index contributed by atoms with van der Waals surface area (Å²) in [5.41, 5.74) is 3.18. The zero-order chi connectivity index (χ0) is 19.1. The van der Waals surface area contributed by atoms with E-state index >= 15 is 0 Å². The van der Waals surface area contributed by atoms with E-state index < -0.39 is 0 Å². The molecule has 0 radical (unpaired) electrons. The number of piperidine rings is 1. The SMILES string of the molecule is CCOC1CCN(C(=NC)NCCc2coc(-c3ccc(C)cc3)n2)CC1. The lowest BCUT2D eigenvalue weighted by atomic mass is 10.1. The first-order valence-corrected chi connectivity index (χ1v) is 9.78. The van der Waals surface area contributed by atoms with Crippen molar-refractivity contribution < 1.29 is 9.15 Å². The average Bonchev–Trinajstić information content (AvgIpc) is 3.16. The molecule has 0 amide bonds. The summed E-state index contributed by atoms with van der Waals surface area (Å²) in [6, 6.07) is 8.22. The Balaban J connectivity index is 1.47. The van der Waals surface area contributed by atoms with Gasteiger partial charge in [0.1, 0.15) is 6.26 Å². The highest BCUT2D eigenvalue weighted by Crippen LogP contribution is 2.19. The monoisotopic (exact) mass is 370 g/mol. The maximum absolute atomic E-state index is 5.72. The molecule has 1 fully saturated rings. The van der Waals surface area contributed by atoms with Crippen molar-refractivity contribution in [3.63, 3.8) is 0 Å². The fraction of sp³-hybridized carbons (Fsp3) is 0.524. The Morgan fingerprint density at radius 2 is 2.04 bits per heavy atom. The highest BCUT2D eigenvalue weighted by Gasteiger charge is 2.21. The molecular formula is C21H30N4O2. The van der Waals surface area contributed by atoms with Gasteiger partial charge in [0.25, 0.3) is 0 Å². The van der Waals surface area contributed by atoms with Crippen molar-refractivity contribution in [2.75, 3.05) is 33.3 Å². The van der Waals surface area contributed by atoms with E-state index in [0.717, 1.165) is 62.7 Å². The summed E-state index contributed by atoms with van der Waals surface area (Å²) in [5.74, 6) is 1.62. The van der Waals surface area contributed by atoms with Gasteiger partial charge in [-0.2, -0.15) is 0 Å². The standard InChI is InChI=1S/C21H30N4O2/c1-4-26-19-10-13-25(14-11-19)21(22-3)23-12-9-18-15-27-20(24-18)17-7-5-16(2)6-8-17/h5-8,15,19H,4,9-14H2,1-3H3,(H,22,23). The van der Waals surface area contributed by atoms with Crippen LogP contribution in [-0.2, 0) is 11.2 Å². The van der Waals surface area contributed by atoms with E-state index in [1.54, 1.807) is 6.26 Å². The number of hydrogen-bond acceptors (Lipinski definition) is 4. The molecule has 0 aliphatic carbocycles. The van der Waals surface area contributed by atoms with E-state index in [-0.39, 0.29) is 0 Å². The fourth-order valence-electron chi connectivity index (χ4n) is 3.36. The summed E-state index contributed by atoms with van der Waals surface area (Å²) in [5, 5.41) is 3.44. The topological polar surface area (TPSA) is 62.9 Å². The first-order chi connectivity index (χ1) is 13.2. The minimum atomic E-state index is 0.389. The maximum atomic E-state index is 5.72. The molecule has 1 N–H and O–H groups in total. The number of aliphatic imine (C=N–C) groups is 1. The van der Waals surface area contributed by atoms with Gasteiger partial charge in [0.15, 0.2) is 5.96 Å². The smallest absolute Gasteiger partial charge is 0.226 e. The van der Waals surface area contributed by atoms with E-state index in [9.17, 15) is 0 Å². The number of oxazole rings is 1. The third kappa shape index (κ3) is 5.32. The number of benzene rings is 1. The molecule has 27 heavy (non-hydrogen) atoms. The zero-order valence-corrected chi connectivity index (χ0v) is 16.6. The van der Waals surface area contributed by atoms with Crippen molar-refractivity contribution in [1.82, 2.24) is 15.2 Å². The summed E-state index contributed by atoms with van der Waals surface area (Å²) in [7, 11) is 1.84. The van der Waals surface area contributed by atoms with Crippen molar-refractivity contribution in [3.05, 3.63) is 41.8 Å². The van der Waals surface area contributed by atoms with Crippen LogP contribution in [0.25, 0.3) is 11.5 Å². The minimum absolute atomic E-state index is 0.389. The van der Waals surface area contributed by atoms with Crippen molar-refractivity contribution >= 4 is 5.96 Å². The molecule has 0 bridgehead atoms. The van der Waals surface area contributed by atoms with E-state index in [2.05, 4.69) is 46.2 Å². The number of aromatic nitrogens is 1. The number of likely N-dealkylation sites (tertiary alicyclic amines) is 1. The van der Waals surface area contributed by atoms with Crippen LogP contribution in [0.15, 0.2) is 39.9 Å². The number of rotatable bonds is 6. The Morgan fingerprint density at radius 3 is 2.70 bits per heavy atom. The highest BCUT2D eigenvalue weighted by molar-refractivity contribution is 5.79. The quantitative estimate of drug-likeness (QED) is 0.625. The number of nitrogens with zero attached hydrogens (tertiary/aromatic N) is 3. The second kappa shape index (κ2) is 9.55. The highest BCUT2D eigenvalue weighted by atomic mass is 16.5. The molecule has 0 spiro atoms. The van der Waals surface area contributed by atoms with Crippen LogP contribution in [0, 0.1) is 6.92 Å². The van der Waals surface area contributed by atoms with Gasteiger partial charge in [-0.1, -0.05) is 17.7 Å². The Hall–Kier alpha value is -2.34. The molecule has 0 unspecified atom stereocenters. The predicted molar refractivity (Wildman–Crippen MR) is 108 cm³/mol. The van der Waals surface area contributed by atoms with E-state index in [1.807, 2.05) is 19.2 Å². The van der Waals surface area contributed by atoms with Gasteiger partial charge in [0.2, 0.25) is 5.89 Å². The van der Waals surface area contributed by atoms with Gasteiger partial charge in [-0.3, -0.25) is 4.99 Å². The largest absolute Gasteiger partial charge is 0.444 e. The Kier molecular flexibility index (Phi) is 6.87. The molecule has 1 aliphatic rings. The third-order valence-electron chi connectivity index (χ3n) is 4.87. The van der Waals surface area contributed by atoms with E-state index in [1.165, 1.54) is 5.56 Å². The molecule has 2 aromatic rings. The Morgan fingerprint density at radius 1 is 1.30 bits per heavy atom. The van der Waals surface area contributed by atoms with Gasteiger partial charge >= 0.3 is 0 Å². The van der Waals surface area contributed by atoms with Crippen molar-refractivity contribution in [3.8, 4) is 11.5 Å². The summed E-state index contributed by atoms with van der Waals surface area (Å²) in [4.78, 5) is 11.3. The molecule has 6 heteroatoms. The first kappa shape index (κ1) is 19.4. The molecule has 2 heterocycles. The van der Waals surface area contributed by atoms with Crippen LogP contribution < -0.4 is 5.32 Å². The zero-order valence-electron chi connectivity index (χ0n) is 16.6. The van der Waals surface area contributed by atoms with Crippen LogP contribution in [0.5, 0.6) is 0 Å². The van der Waals surface area contributed by atoms with E-state index in [0.29, 0.717) is 12.0 Å². The van der Waals surface area contributed by atoms with Gasteiger partial charge in [-0.25, -0.2) is 4.98 Å². The molecule has 6 nitrogen and oxygen atoms in total. The number of ether oxygens (including phenoxy) is 1. The average molecular weight is 370 g/mol. The number of hydrogen-bond donors (Lipinski definition) is 1. The minimum Gasteiger partial charge on any atom is -0.444 e. The second-order valence-electron chi connectivity index (χ2n) is 6.88. The molecule has 0 saturated carbocycles. The Labute approximate surface area is 161 Å². The molecule has 3 rings (SSSR count). The van der Waals surface area contributed by atoms with Gasteiger partial charge < -0.3 is 19.4 Å². The maximum Gasteiger partial charge on any atom is 0.226 e. The summed E-state index contributed by atoms with van der Waals surface area (Å²) < 4.78 is 11.4. The van der Waals surface area contributed by atoms with Crippen LogP contribution in [0.1, 0.15) is 31.0 Å². The lowest BCUT2D eigenvalue weighted by molar-refractivity contribution is 0.0264. The first-order valence-electron chi connectivity index (χ1n) is 9.78. The molecule has 1 aromatic carbocycles. The van der Waals surface area contributed by atoms with Crippen LogP contribution in [0.3, 0.4) is 0 Å². The summed E-state index contributed by atoms with van der Waals surface area (Å²) in [6.45, 7) is 7.65. The third-order valence-corrected chi connectivity index (χ3v) is 4.87. The van der Waals surface area contributed by atoms with Crippen LogP contribution in [0.4, 0.5) is 0 Å². The molecule has 1 saturated heterocycles. The van der Waals surface area contributed by atoms with Crippen LogP contribution in [0.2, 0.25) is 0 Å². The normalized spacial score (nSPS) is 16.0. The Bertz CT molecular complexity index is 731. The second-order valence-corrected chi connectivity index (χ2v) is 6.88.